The number of hydrogen-bond donors (Lipinski definition) is 2. The van der Waals surface area contributed by atoms with Gasteiger partial charge in [-0.15, -0.1) is 13.2 Å². The molecule has 0 saturated heterocycles. The summed E-state index contributed by atoms with van der Waals surface area (Å²) >= 11 is 0. The molecule has 1 aliphatic rings. The van der Waals surface area contributed by atoms with Crippen molar-refractivity contribution in [1.29, 1.82) is 0 Å². The van der Waals surface area contributed by atoms with Crippen LogP contribution in [0.4, 0.5) is 13.2 Å². The van der Waals surface area contributed by atoms with Crippen LogP contribution in [-0.2, 0) is 5.54 Å². The summed E-state index contributed by atoms with van der Waals surface area (Å²) in [5.74, 6) is -0.233. The van der Waals surface area contributed by atoms with Gasteiger partial charge in [-0.25, -0.2) is 0 Å². The number of aromatic nitrogens is 3. The molecule has 1 atom stereocenters. The largest absolute Gasteiger partial charge is 0.573 e. The van der Waals surface area contributed by atoms with E-state index in [-0.39, 0.29) is 18.3 Å². The fourth-order valence-electron chi connectivity index (χ4n) is 4.03. The molecule has 7 nitrogen and oxygen atoms in total. The van der Waals surface area contributed by atoms with Crippen LogP contribution in [0.2, 0.25) is 0 Å². The van der Waals surface area contributed by atoms with Crippen molar-refractivity contribution in [3.8, 4) is 11.5 Å². The van der Waals surface area contributed by atoms with Crippen molar-refractivity contribution >= 4 is 16.8 Å². The summed E-state index contributed by atoms with van der Waals surface area (Å²) in [6, 6.07) is 14.0. The molecule has 4 aromatic rings. The first kappa shape index (κ1) is 20.8. The van der Waals surface area contributed by atoms with Gasteiger partial charge in [0.2, 0.25) is 0 Å². The van der Waals surface area contributed by atoms with E-state index in [4.69, 9.17) is 4.74 Å². The first-order valence-corrected chi connectivity index (χ1v) is 10.0. The van der Waals surface area contributed by atoms with Crippen molar-refractivity contribution in [3.05, 3.63) is 83.8 Å². The molecule has 0 spiro atoms. The second kappa shape index (κ2) is 7.80. The Kier molecular flexibility index (Phi) is 4.92. The van der Waals surface area contributed by atoms with E-state index in [9.17, 15) is 18.0 Å². The van der Waals surface area contributed by atoms with E-state index in [1.54, 1.807) is 42.7 Å². The third-order valence-corrected chi connectivity index (χ3v) is 5.52. The number of nitrogens with one attached hydrogen (secondary N) is 2. The van der Waals surface area contributed by atoms with E-state index in [0.29, 0.717) is 29.0 Å². The molecule has 0 fully saturated rings. The Hall–Kier alpha value is -4.08. The fourth-order valence-corrected chi connectivity index (χ4v) is 4.03. The Morgan fingerprint density at radius 1 is 1.15 bits per heavy atom. The van der Waals surface area contributed by atoms with Crippen molar-refractivity contribution in [2.24, 2.45) is 0 Å². The van der Waals surface area contributed by atoms with E-state index in [0.717, 1.165) is 10.9 Å². The number of nitrogens with zero attached hydrogens (tertiary/aromatic N) is 2. The standard InChI is InChI=1S/C23H17F3N4O3/c24-23(25,26)33-17-6-4-16(5-7-17)22(9-11-32-19-2-1-10-27-20(19)22)29-21(31)14-3-8-18-15(12-14)13-28-30-18/h1-8,10,12-13H,9,11H2,(H,28,30)(H,29,31). The van der Waals surface area contributed by atoms with Gasteiger partial charge in [0.05, 0.1) is 18.3 Å². The molecule has 1 unspecified atom stereocenters. The number of amides is 1. The summed E-state index contributed by atoms with van der Waals surface area (Å²) in [5, 5.41) is 10.6. The van der Waals surface area contributed by atoms with Crippen LogP contribution in [0.1, 0.15) is 28.0 Å². The highest BCUT2D eigenvalue weighted by Gasteiger charge is 2.42. The zero-order valence-corrected chi connectivity index (χ0v) is 17.0. The lowest BCUT2D eigenvalue weighted by Crippen LogP contribution is -2.50. The maximum atomic E-state index is 13.3. The van der Waals surface area contributed by atoms with E-state index < -0.39 is 11.9 Å². The highest BCUT2D eigenvalue weighted by atomic mass is 19.4. The lowest BCUT2D eigenvalue weighted by molar-refractivity contribution is -0.274. The van der Waals surface area contributed by atoms with E-state index in [2.05, 4.69) is 25.2 Å². The smallest absolute Gasteiger partial charge is 0.491 e. The third kappa shape index (κ3) is 3.95. The number of rotatable bonds is 4. The Labute approximate surface area is 185 Å². The molecule has 2 aromatic heterocycles. The highest BCUT2D eigenvalue weighted by Crippen LogP contribution is 2.41. The molecule has 10 heteroatoms. The van der Waals surface area contributed by atoms with E-state index in [1.807, 2.05) is 0 Å². The van der Waals surface area contributed by atoms with Gasteiger partial charge in [0, 0.05) is 23.6 Å². The maximum Gasteiger partial charge on any atom is 0.573 e. The summed E-state index contributed by atoms with van der Waals surface area (Å²) in [5.41, 5.74) is 1.11. The molecule has 1 aliphatic heterocycles. The van der Waals surface area contributed by atoms with Gasteiger partial charge >= 0.3 is 6.36 Å². The molecule has 2 aromatic carbocycles. The van der Waals surface area contributed by atoms with Crippen LogP contribution >= 0.6 is 0 Å². The fraction of sp³-hybridized carbons (Fsp3) is 0.174. The topological polar surface area (TPSA) is 89.1 Å². The van der Waals surface area contributed by atoms with Crippen molar-refractivity contribution < 1.29 is 27.4 Å². The van der Waals surface area contributed by atoms with Gasteiger partial charge in [0.1, 0.15) is 22.7 Å². The Bertz CT molecular complexity index is 1320. The quantitative estimate of drug-likeness (QED) is 0.480. The number of ether oxygens (including phenoxy) is 2. The van der Waals surface area contributed by atoms with Gasteiger partial charge in [0.25, 0.3) is 5.91 Å². The van der Waals surface area contributed by atoms with Crippen LogP contribution in [0.15, 0.2) is 67.0 Å². The predicted octanol–water partition coefficient (Wildman–Crippen LogP) is 4.31. The minimum atomic E-state index is -4.80. The van der Waals surface area contributed by atoms with Crippen molar-refractivity contribution in [3.63, 3.8) is 0 Å². The Balaban J connectivity index is 1.56. The molecule has 0 aliphatic carbocycles. The van der Waals surface area contributed by atoms with Gasteiger partial charge < -0.3 is 14.8 Å². The molecule has 168 valence electrons. The number of halogens is 3. The average Bonchev–Trinajstić information content (AvgIpc) is 3.27. The van der Waals surface area contributed by atoms with Gasteiger partial charge in [-0.1, -0.05) is 12.1 Å². The van der Waals surface area contributed by atoms with Gasteiger partial charge in [-0.2, -0.15) is 5.10 Å². The minimum absolute atomic E-state index is 0.278. The monoisotopic (exact) mass is 454 g/mol. The molecule has 33 heavy (non-hydrogen) atoms. The number of alkyl halides is 3. The van der Waals surface area contributed by atoms with Crippen LogP contribution < -0.4 is 14.8 Å². The SMILES string of the molecule is O=C(NC1(c2ccc(OC(F)(F)F)cc2)CCOc2cccnc21)c1ccc2[nH]ncc2c1. The van der Waals surface area contributed by atoms with Gasteiger partial charge in [-0.3, -0.25) is 14.9 Å². The number of pyridine rings is 1. The molecule has 0 saturated carbocycles. The number of hydrogen-bond acceptors (Lipinski definition) is 5. The second-order valence-electron chi connectivity index (χ2n) is 7.55. The summed E-state index contributed by atoms with van der Waals surface area (Å²) in [7, 11) is 0. The number of aromatic amines is 1. The Morgan fingerprint density at radius 3 is 2.76 bits per heavy atom. The first-order valence-electron chi connectivity index (χ1n) is 10.0. The normalized spacial score (nSPS) is 17.8. The van der Waals surface area contributed by atoms with Crippen molar-refractivity contribution in [2.45, 2.75) is 18.3 Å². The molecule has 3 heterocycles. The van der Waals surface area contributed by atoms with Crippen molar-refractivity contribution in [2.75, 3.05) is 6.61 Å². The Morgan fingerprint density at radius 2 is 1.97 bits per heavy atom. The van der Waals surface area contributed by atoms with Crippen molar-refractivity contribution in [1.82, 2.24) is 20.5 Å². The predicted molar refractivity (Wildman–Crippen MR) is 112 cm³/mol. The molecular formula is C23H17F3N4O3. The van der Waals surface area contributed by atoms with Gasteiger partial charge in [-0.05, 0) is 48.0 Å². The van der Waals surface area contributed by atoms with Crippen LogP contribution in [0.3, 0.4) is 0 Å². The van der Waals surface area contributed by atoms with Crippen LogP contribution in [0, 0.1) is 0 Å². The minimum Gasteiger partial charge on any atom is -0.491 e. The molecule has 5 rings (SSSR count). The van der Waals surface area contributed by atoms with E-state index >= 15 is 0 Å². The second-order valence-corrected chi connectivity index (χ2v) is 7.55. The summed E-state index contributed by atoms with van der Waals surface area (Å²) < 4.78 is 47.5. The number of carbonyl (C=O) groups excluding carboxylic acids is 1. The third-order valence-electron chi connectivity index (χ3n) is 5.52. The zero-order chi connectivity index (χ0) is 23.1. The highest BCUT2D eigenvalue weighted by molar-refractivity contribution is 5.98. The molecule has 2 N–H and O–H groups in total. The summed E-state index contributed by atoms with van der Waals surface area (Å²) in [6.45, 7) is 0.278. The maximum absolute atomic E-state index is 13.3. The van der Waals surface area contributed by atoms with E-state index in [1.165, 1.54) is 24.3 Å². The number of carbonyl (C=O) groups is 1. The molecular weight excluding hydrogens is 437 g/mol. The first-order chi connectivity index (χ1) is 15.8. The number of fused-ring (bicyclic) bond motifs is 2. The van der Waals surface area contributed by atoms with Gasteiger partial charge in [0.15, 0.2) is 0 Å². The molecule has 0 bridgehead atoms. The number of benzene rings is 2. The lowest BCUT2D eigenvalue weighted by atomic mass is 9.81. The van der Waals surface area contributed by atoms with Crippen LogP contribution in [0.25, 0.3) is 10.9 Å². The zero-order valence-electron chi connectivity index (χ0n) is 17.0. The summed E-state index contributed by atoms with van der Waals surface area (Å²) in [4.78, 5) is 17.8. The number of H-pyrrole nitrogens is 1. The van der Waals surface area contributed by atoms with Crippen LogP contribution in [0.5, 0.6) is 11.5 Å². The average molecular weight is 454 g/mol. The molecule has 0 radical (unpaired) electrons. The lowest BCUT2D eigenvalue weighted by Gasteiger charge is -2.39. The molecule has 1 amide bonds. The van der Waals surface area contributed by atoms with Crippen LogP contribution in [-0.4, -0.2) is 34.1 Å². The summed E-state index contributed by atoms with van der Waals surface area (Å²) in [6.07, 6.45) is -1.28.